The second-order valence-electron chi connectivity index (χ2n) is 2.01. The van der Waals surface area contributed by atoms with Gasteiger partial charge in [-0.05, 0) is 12.1 Å². The SMILES string of the molecule is NS(=O)(=O)Oc1ccccc1Cl. The fourth-order valence-corrected chi connectivity index (χ4v) is 1.25. The molecule has 0 saturated carbocycles. The summed E-state index contributed by atoms with van der Waals surface area (Å²) in [6.45, 7) is 0. The lowest BCUT2D eigenvalue weighted by Crippen LogP contribution is -2.19. The normalized spacial score (nSPS) is 11.2. The van der Waals surface area contributed by atoms with Gasteiger partial charge in [-0.1, -0.05) is 23.7 Å². The third-order valence-electron chi connectivity index (χ3n) is 1.04. The highest BCUT2D eigenvalue weighted by molar-refractivity contribution is 7.84. The Bertz CT molecular complexity index is 376. The van der Waals surface area contributed by atoms with Crippen LogP contribution in [-0.2, 0) is 10.3 Å². The van der Waals surface area contributed by atoms with Crippen LogP contribution in [0.5, 0.6) is 5.75 Å². The van der Waals surface area contributed by atoms with Crippen LogP contribution in [-0.4, -0.2) is 8.42 Å². The Balaban J connectivity index is 2.98. The molecule has 0 saturated heterocycles. The van der Waals surface area contributed by atoms with Gasteiger partial charge in [-0.3, -0.25) is 0 Å². The van der Waals surface area contributed by atoms with Crippen molar-refractivity contribution in [1.29, 1.82) is 0 Å². The van der Waals surface area contributed by atoms with Gasteiger partial charge in [0.15, 0.2) is 5.75 Å². The summed E-state index contributed by atoms with van der Waals surface area (Å²) in [6.07, 6.45) is 0. The minimum Gasteiger partial charge on any atom is -0.369 e. The van der Waals surface area contributed by atoms with Gasteiger partial charge in [0.1, 0.15) is 0 Å². The molecule has 0 aliphatic heterocycles. The molecule has 1 aromatic carbocycles. The van der Waals surface area contributed by atoms with Crippen LogP contribution in [0.25, 0.3) is 0 Å². The lowest BCUT2D eigenvalue weighted by Gasteiger charge is -2.02. The van der Waals surface area contributed by atoms with Crippen LogP contribution >= 0.6 is 11.6 Å². The van der Waals surface area contributed by atoms with E-state index in [4.69, 9.17) is 11.6 Å². The molecule has 2 N–H and O–H groups in total. The zero-order valence-corrected chi connectivity index (χ0v) is 7.47. The molecule has 0 atom stereocenters. The number of hydrogen-bond donors (Lipinski definition) is 1. The van der Waals surface area contributed by atoms with Crippen molar-refractivity contribution in [2.75, 3.05) is 0 Å². The molecule has 0 spiro atoms. The zero-order chi connectivity index (χ0) is 9.19. The van der Waals surface area contributed by atoms with Gasteiger partial charge in [-0.2, -0.15) is 13.6 Å². The molecule has 0 aromatic heterocycles. The minimum absolute atomic E-state index is 0.0293. The smallest absolute Gasteiger partial charge is 0.369 e. The number of para-hydroxylation sites is 1. The van der Waals surface area contributed by atoms with Crippen molar-refractivity contribution < 1.29 is 12.6 Å². The summed E-state index contributed by atoms with van der Waals surface area (Å²) in [7, 11) is -3.98. The van der Waals surface area contributed by atoms with E-state index in [1.54, 1.807) is 12.1 Å². The van der Waals surface area contributed by atoms with Crippen molar-refractivity contribution >= 4 is 21.9 Å². The molecule has 0 bridgehead atoms. The van der Waals surface area contributed by atoms with E-state index in [1.165, 1.54) is 12.1 Å². The Morgan fingerprint density at radius 3 is 2.42 bits per heavy atom. The van der Waals surface area contributed by atoms with E-state index in [2.05, 4.69) is 9.32 Å². The highest BCUT2D eigenvalue weighted by Crippen LogP contribution is 2.23. The van der Waals surface area contributed by atoms with Crippen LogP contribution < -0.4 is 9.32 Å². The average molecular weight is 208 g/mol. The van der Waals surface area contributed by atoms with Gasteiger partial charge in [0.25, 0.3) is 0 Å². The summed E-state index contributed by atoms with van der Waals surface area (Å²) >= 11 is 5.59. The monoisotopic (exact) mass is 207 g/mol. The second-order valence-corrected chi connectivity index (χ2v) is 3.57. The van der Waals surface area contributed by atoms with E-state index < -0.39 is 10.3 Å². The second kappa shape index (κ2) is 3.30. The summed E-state index contributed by atoms with van der Waals surface area (Å²) in [5.74, 6) is 0.0293. The number of halogens is 1. The van der Waals surface area contributed by atoms with Crippen LogP contribution in [0.3, 0.4) is 0 Å². The maximum Gasteiger partial charge on any atom is 0.380 e. The Morgan fingerprint density at radius 2 is 1.92 bits per heavy atom. The van der Waals surface area contributed by atoms with Crippen molar-refractivity contribution in [1.82, 2.24) is 0 Å². The first-order valence-electron chi connectivity index (χ1n) is 2.96. The van der Waals surface area contributed by atoms with E-state index in [0.29, 0.717) is 0 Å². The first-order valence-corrected chi connectivity index (χ1v) is 4.81. The molecule has 12 heavy (non-hydrogen) atoms. The number of hydrogen-bond acceptors (Lipinski definition) is 3. The molecule has 0 fully saturated rings. The van der Waals surface area contributed by atoms with Crippen molar-refractivity contribution in [3.63, 3.8) is 0 Å². The molecule has 0 heterocycles. The molecule has 6 heteroatoms. The molecule has 1 aromatic rings. The molecule has 0 radical (unpaired) electrons. The lowest BCUT2D eigenvalue weighted by atomic mass is 10.3. The third-order valence-corrected chi connectivity index (χ3v) is 1.77. The van der Waals surface area contributed by atoms with E-state index in [-0.39, 0.29) is 10.8 Å². The van der Waals surface area contributed by atoms with Crippen molar-refractivity contribution in [2.24, 2.45) is 5.14 Å². The molecular weight excluding hydrogens is 202 g/mol. The van der Waals surface area contributed by atoms with Gasteiger partial charge in [0, 0.05) is 0 Å². The topological polar surface area (TPSA) is 69.4 Å². The van der Waals surface area contributed by atoms with Crippen LogP contribution in [0.15, 0.2) is 24.3 Å². The van der Waals surface area contributed by atoms with Crippen LogP contribution in [0, 0.1) is 0 Å². The maximum absolute atomic E-state index is 10.4. The maximum atomic E-state index is 10.4. The van der Waals surface area contributed by atoms with Crippen LogP contribution in [0.1, 0.15) is 0 Å². The van der Waals surface area contributed by atoms with Crippen LogP contribution in [0.4, 0.5) is 0 Å². The summed E-state index contributed by atoms with van der Waals surface area (Å²) < 4.78 is 25.3. The summed E-state index contributed by atoms with van der Waals surface area (Å²) in [6, 6.07) is 6.15. The predicted octanol–water partition coefficient (Wildman–Crippen LogP) is 0.922. The number of nitrogens with two attached hydrogens (primary N) is 1. The first kappa shape index (κ1) is 9.31. The Morgan fingerprint density at radius 1 is 1.33 bits per heavy atom. The lowest BCUT2D eigenvalue weighted by molar-refractivity contribution is 0.488. The zero-order valence-electron chi connectivity index (χ0n) is 5.90. The van der Waals surface area contributed by atoms with Crippen LogP contribution in [0.2, 0.25) is 5.02 Å². The van der Waals surface area contributed by atoms with Crippen molar-refractivity contribution in [3.8, 4) is 5.75 Å². The van der Waals surface area contributed by atoms with Gasteiger partial charge in [-0.15, -0.1) is 0 Å². The van der Waals surface area contributed by atoms with E-state index in [1.807, 2.05) is 0 Å². The number of rotatable bonds is 2. The standard InChI is InChI=1S/C6H6ClNO3S/c7-5-3-1-2-4-6(5)11-12(8,9)10/h1-4H,(H2,8,9,10). The predicted molar refractivity (Wildman–Crippen MR) is 45.2 cm³/mol. The molecule has 4 nitrogen and oxygen atoms in total. The third kappa shape index (κ3) is 2.69. The fourth-order valence-electron chi connectivity index (χ4n) is 0.637. The summed E-state index contributed by atoms with van der Waals surface area (Å²) in [4.78, 5) is 0. The van der Waals surface area contributed by atoms with E-state index in [9.17, 15) is 8.42 Å². The largest absolute Gasteiger partial charge is 0.380 e. The highest BCUT2D eigenvalue weighted by atomic mass is 35.5. The molecule has 66 valence electrons. The average Bonchev–Trinajstić information content (AvgIpc) is 1.91. The molecular formula is C6H6ClNO3S. The van der Waals surface area contributed by atoms with Gasteiger partial charge in [-0.25, -0.2) is 0 Å². The van der Waals surface area contributed by atoms with E-state index in [0.717, 1.165) is 0 Å². The fraction of sp³-hybridized carbons (Fsp3) is 0. The van der Waals surface area contributed by atoms with Crippen molar-refractivity contribution in [3.05, 3.63) is 29.3 Å². The van der Waals surface area contributed by atoms with E-state index >= 15 is 0 Å². The first-order chi connectivity index (χ1) is 5.49. The minimum atomic E-state index is -3.98. The molecule has 1 rings (SSSR count). The number of benzene rings is 1. The quantitative estimate of drug-likeness (QED) is 0.784. The summed E-state index contributed by atoms with van der Waals surface area (Å²) in [5, 5.41) is 4.83. The molecule has 0 unspecified atom stereocenters. The summed E-state index contributed by atoms with van der Waals surface area (Å²) in [5.41, 5.74) is 0. The Hall–Kier alpha value is -0.780. The van der Waals surface area contributed by atoms with Gasteiger partial charge in [0.05, 0.1) is 5.02 Å². The van der Waals surface area contributed by atoms with Gasteiger partial charge >= 0.3 is 10.3 Å². The van der Waals surface area contributed by atoms with Gasteiger partial charge < -0.3 is 4.18 Å². The molecule has 0 amide bonds. The Kier molecular flexibility index (Phi) is 2.56. The Labute approximate surface area is 75.2 Å². The molecule has 0 aliphatic rings. The van der Waals surface area contributed by atoms with Crippen molar-refractivity contribution in [2.45, 2.75) is 0 Å². The highest BCUT2D eigenvalue weighted by Gasteiger charge is 2.07. The van der Waals surface area contributed by atoms with Gasteiger partial charge in [0.2, 0.25) is 0 Å². The molecule has 0 aliphatic carbocycles.